The molecular weight excluding hydrogens is 328 g/mol. The van der Waals surface area contributed by atoms with Gasteiger partial charge in [-0.15, -0.1) is 0 Å². The molecule has 2 aromatic rings. The summed E-state index contributed by atoms with van der Waals surface area (Å²) in [5.74, 6) is -1.67. The van der Waals surface area contributed by atoms with E-state index in [1.165, 1.54) is 6.20 Å². The lowest BCUT2D eigenvalue weighted by molar-refractivity contribution is -0.137. The van der Waals surface area contributed by atoms with Crippen molar-refractivity contribution < 1.29 is 27.1 Å². The number of hydrogen-bond donors (Lipinski definition) is 0. The first-order chi connectivity index (χ1) is 11.3. The average molecular weight is 342 g/mol. The Morgan fingerprint density at radius 3 is 2.67 bits per heavy atom. The zero-order valence-corrected chi connectivity index (χ0v) is 12.7. The first-order valence-corrected chi connectivity index (χ1v) is 7.45. The van der Waals surface area contributed by atoms with Gasteiger partial charge in [0.15, 0.2) is 0 Å². The Balaban J connectivity index is 2.16. The molecule has 0 atom stereocenters. The molecule has 0 aliphatic heterocycles. The van der Waals surface area contributed by atoms with Gasteiger partial charge in [-0.2, -0.15) is 18.3 Å². The number of halogens is 4. The van der Waals surface area contributed by atoms with Gasteiger partial charge in [-0.05, 0) is 38.0 Å². The summed E-state index contributed by atoms with van der Waals surface area (Å²) >= 11 is 0. The number of ether oxygens (including phenoxy) is 1. The second-order valence-electron chi connectivity index (χ2n) is 5.51. The van der Waals surface area contributed by atoms with Gasteiger partial charge in [0, 0.05) is 5.92 Å². The molecule has 1 aromatic heterocycles. The summed E-state index contributed by atoms with van der Waals surface area (Å²) in [6.07, 6.45) is -2.04. The third-order valence-corrected chi connectivity index (χ3v) is 3.76. The Bertz CT molecular complexity index is 779. The summed E-state index contributed by atoms with van der Waals surface area (Å²) in [7, 11) is 0. The zero-order chi connectivity index (χ0) is 17.5. The van der Waals surface area contributed by atoms with Gasteiger partial charge < -0.3 is 4.74 Å². The van der Waals surface area contributed by atoms with Gasteiger partial charge in [0.2, 0.25) is 0 Å². The number of carbonyl (C=O) groups is 1. The maximum atomic E-state index is 13.3. The maximum Gasteiger partial charge on any atom is 0.418 e. The number of esters is 1. The van der Waals surface area contributed by atoms with Crippen molar-refractivity contribution in [3.8, 4) is 5.69 Å². The average Bonchev–Trinajstić information content (AvgIpc) is 3.25. The van der Waals surface area contributed by atoms with E-state index < -0.39 is 23.5 Å². The van der Waals surface area contributed by atoms with E-state index in [0.29, 0.717) is 11.8 Å². The fourth-order valence-electron chi connectivity index (χ4n) is 2.59. The standard InChI is InChI=1S/C16H14F4N2O2/c1-2-24-15(23)11-8-21-22(14(11)9-3-4-9)13-6-5-10(17)7-12(13)16(18,19)20/h5-9H,2-4H2,1H3. The van der Waals surface area contributed by atoms with Crippen LogP contribution in [-0.2, 0) is 10.9 Å². The molecule has 128 valence electrons. The van der Waals surface area contributed by atoms with E-state index in [0.717, 1.165) is 29.7 Å². The van der Waals surface area contributed by atoms with E-state index in [9.17, 15) is 22.4 Å². The van der Waals surface area contributed by atoms with Crippen molar-refractivity contribution in [3.05, 3.63) is 47.0 Å². The van der Waals surface area contributed by atoms with Gasteiger partial charge in [0.05, 0.1) is 29.7 Å². The van der Waals surface area contributed by atoms with Crippen molar-refractivity contribution >= 4 is 5.97 Å². The Kier molecular flexibility index (Phi) is 4.06. The summed E-state index contributed by atoms with van der Waals surface area (Å²) in [4.78, 5) is 12.0. The van der Waals surface area contributed by atoms with Gasteiger partial charge in [-0.1, -0.05) is 0 Å². The van der Waals surface area contributed by atoms with Gasteiger partial charge in [-0.25, -0.2) is 13.9 Å². The highest BCUT2D eigenvalue weighted by Gasteiger charge is 2.38. The van der Waals surface area contributed by atoms with E-state index in [4.69, 9.17) is 4.74 Å². The number of hydrogen-bond acceptors (Lipinski definition) is 3. The van der Waals surface area contributed by atoms with Crippen molar-refractivity contribution in [1.82, 2.24) is 9.78 Å². The molecule has 24 heavy (non-hydrogen) atoms. The molecule has 1 fully saturated rings. The molecule has 0 bridgehead atoms. The zero-order valence-electron chi connectivity index (χ0n) is 12.7. The molecule has 0 amide bonds. The van der Waals surface area contributed by atoms with Gasteiger partial charge in [0.1, 0.15) is 11.4 Å². The molecule has 0 spiro atoms. The fourth-order valence-corrected chi connectivity index (χ4v) is 2.59. The highest BCUT2D eigenvalue weighted by Crippen LogP contribution is 2.44. The molecule has 1 saturated carbocycles. The minimum absolute atomic E-state index is 0.0574. The third-order valence-electron chi connectivity index (χ3n) is 3.76. The number of nitrogens with zero attached hydrogens (tertiary/aromatic N) is 2. The molecule has 1 aliphatic rings. The predicted octanol–water partition coefficient (Wildman–Crippen LogP) is 4.08. The molecule has 1 aliphatic carbocycles. The van der Waals surface area contributed by atoms with E-state index in [1.807, 2.05) is 0 Å². The van der Waals surface area contributed by atoms with Crippen LogP contribution < -0.4 is 0 Å². The van der Waals surface area contributed by atoms with Gasteiger partial charge in [0.25, 0.3) is 0 Å². The second-order valence-corrected chi connectivity index (χ2v) is 5.51. The highest BCUT2D eigenvalue weighted by molar-refractivity contribution is 5.91. The van der Waals surface area contributed by atoms with Crippen LogP contribution >= 0.6 is 0 Å². The van der Waals surface area contributed by atoms with E-state index in [-0.39, 0.29) is 23.8 Å². The van der Waals surface area contributed by atoms with Crippen molar-refractivity contribution in [1.29, 1.82) is 0 Å². The summed E-state index contributed by atoms with van der Waals surface area (Å²) in [5.41, 5.74) is -0.911. The predicted molar refractivity (Wildman–Crippen MR) is 76.5 cm³/mol. The Labute approximate surface area is 135 Å². The molecule has 8 heteroatoms. The maximum absolute atomic E-state index is 13.3. The molecule has 4 nitrogen and oxygen atoms in total. The Morgan fingerprint density at radius 1 is 1.38 bits per heavy atom. The summed E-state index contributed by atoms with van der Waals surface area (Å²) in [6.45, 7) is 1.79. The third kappa shape index (κ3) is 3.00. The van der Waals surface area contributed by atoms with E-state index in [1.54, 1.807) is 6.92 Å². The number of carbonyl (C=O) groups excluding carboxylic acids is 1. The second kappa shape index (κ2) is 5.92. The van der Waals surface area contributed by atoms with Gasteiger partial charge in [-0.3, -0.25) is 0 Å². The topological polar surface area (TPSA) is 44.1 Å². The lowest BCUT2D eigenvalue weighted by Gasteiger charge is -2.15. The lowest BCUT2D eigenvalue weighted by atomic mass is 10.1. The molecule has 0 radical (unpaired) electrons. The fraction of sp³-hybridized carbons (Fsp3) is 0.375. The van der Waals surface area contributed by atoms with Crippen molar-refractivity contribution in [3.63, 3.8) is 0 Å². The Hall–Kier alpha value is -2.38. The molecule has 0 N–H and O–H groups in total. The number of rotatable bonds is 4. The first-order valence-electron chi connectivity index (χ1n) is 7.45. The molecule has 0 saturated heterocycles. The monoisotopic (exact) mass is 342 g/mol. The van der Waals surface area contributed by atoms with Gasteiger partial charge >= 0.3 is 12.1 Å². The van der Waals surface area contributed by atoms with Crippen LogP contribution in [0, 0.1) is 5.82 Å². The molecule has 0 unspecified atom stereocenters. The van der Waals surface area contributed by atoms with E-state index >= 15 is 0 Å². The van der Waals surface area contributed by atoms with Crippen molar-refractivity contribution in [2.24, 2.45) is 0 Å². The van der Waals surface area contributed by atoms with E-state index in [2.05, 4.69) is 5.10 Å². The lowest BCUT2D eigenvalue weighted by Crippen LogP contribution is -2.14. The van der Waals surface area contributed by atoms with Crippen molar-refractivity contribution in [2.45, 2.75) is 31.9 Å². The minimum Gasteiger partial charge on any atom is -0.462 e. The van der Waals surface area contributed by atoms with Crippen LogP contribution in [0.15, 0.2) is 24.4 Å². The van der Waals surface area contributed by atoms with Crippen LogP contribution in [0.5, 0.6) is 0 Å². The SMILES string of the molecule is CCOC(=O)c1cnn(-c2ccc(F)cc2C(F)(F)F)c1C1CC1. The number of alkyl halides is 3. The van der Waals surface area contributed by atoms with Crippen LogP contribution in [0.25, 0.3) is 5.69 Å². The molecule has 1 aromatic carbocycles. The molecular formula is C16H14F4N2O2. The smallest absolute Gasteiger partial charge is 0.418 e. The number of aromatic nitrogens is 2. The molecule has 3 rings (SSSR count). The van der Waals surface area contributed by atoms with Crippen LogP contribution in [0.1, 0.15) is 47.3 Å². The minimum atomic E-state index is -4.74. The number of benzene rings is 1. The normalized spacial score (nSPS) is 14.7. The largest absolute Gasteiger partial charge is 0.462 e. The van der Waals surface area contributed by atoms with Crippen LogP contribution in [0.3, 0.4) is 0 Å². The quantitative estimate of drug-likeness (QED) is 0.621. The summed E-state index contributed by atoms with van der Waals surface area (Å²) in [6, 6.07) is 2.39. The summed E-state index contributed by atoms with van der Waals surface area (Å²) < 4.78 is 59.1. The first kappa shape index (κ1) is 16.5. The highest BCUT2D eigenvalue weighted by atomic mass is 19.4. The van der Waals surface area contributed by atoms with Crippen molar-refractivity contribution in [2.75, 3.05) is 6.61 Å². The summed E-state index contributed by atoms with van der Waals surface area (Å²) in [5, 5.41) is 3.95. The van der Waals surface area contributed by atoms with Crippen LogP contribution in [-0.4, -0.2) is 22.4 Å². The molecule has 1 heterocycles. The van der Waals surface area contributed by atoms with Crippen LogP contribution in [0.4, 0.5) is 17.6 Å². The Morgan fingerprint density at radius 2 is 2.08 bits per heavy atom. The van der Waals surface area contributed by atoms with Crippen LogP contribution in [0.2, 0.25) is 0 Å².